The molecule has 0 saturated carbocycles. The summed E-state index contributed by atoms with van der Waals surface area (Å²) >= 11 is 0. The zero-order chi connectivity index (χ0) is 21.1. The zero-order valence-electron chi connectivity index (χ0n) is 17.6. The number of amides is 1. The largest absolute Gasteiger partial charge is 0.346 e. The van der Waals surface area contributed by atoms with Crippen LogP contribution in [-0.2, 0) is 13.1 Å². The van der Waals surface area contributed by atoms with Crippen LogP contribution < -0.4 is 5.69 Å². The molecule has 0 spiro atoms. The second-order valence-corrected chi connectivity index (χ2v) is 7.96. The Labute approximate surface area is 176 Å². The van der Waals surface area contributed by atoms with E-state index in [1.54, 1.807) is 9.25 Å². The van der Waals surface area contributed by atoms with Gasteiger partial charge in [-0.3, -0.25) is 9.36 Å². The molecule has 1 aromatic heterocycles. The van der Waals surface area contributed by atoms with Gasteiger partial charge in [-0.25, -0.2) is 9.48 Å². The van der Waals surface area contributed by atoms with Gasteiger partial charge < -0.3 is 4.90 Å². The summed E-state index contributed by atoms with van der Waals surface area (Å²) in [4.78, 5) is 27.6. The van der Waals surface area contributed by atoms with Gasteiger partial charge in [0, 0.05) is 31.1 Å². The highest BCUT2D eigenvalue weighted by Gasteiger charge is 2.28. The molecule has 2 heterocycles. The number of nitrogens with zero attached hydrogens (tertiary/aromatic N) is 4. The Hall–Kier alpha value is -3.15. The zero-order valence-corrected chi connectivity index (χ0v) is 17.6. The number of benzene rings is 2. The predicted molar refractivity (Wildman–Crippen MR) is 117 cm³/mol. The van der Waals surface area contributed by atoms with E-state index in [1.807, 2.05) is 73.3 Å². The Morgan fingerprint density at radius 1 is 1.07 bits per heavy atom. The highest BCUT2D eigenvalue weighted by molar-refractivity contribution is 5.94. The molecule has 0 aliphatic carbocycles. The van der Waals surface area contributed by atoms with Crippen LogP contribution in [0.4, 0.5) is 0 Å². The second kappa shape index (κ2) is 8.69. The van der Waals surface area contributed by atoms with Crippen LogP contribution in [0, 0.1) is 6.92 Å². The summed E-state index contributed by atoms with van der Waals surface area (Å²) in [6, 6.07) is 17.7. The first kappa shape index (κ1) is 20.1. The van der Waals surface area contributed by atoms with E-state index in [9.17, 15) is 9.59 Å². The first-order valence-electron chi connectivity index (χ1n) is 10.6. The third kappa shape index (κ3) is 4.08. The van der Waals surface area contributed by atoms with E-state index < -0.39 is 0 Å². The molecule has 1 amide bonds. The molecule has 0 atom stereocenters. The van der Waals surface area contributed by atoms with E-state index in [1.165, 1.54) is 0 Å². The minimum Gasteiger partial charge on any atom is -0.339 e. The smallest absolute Gasteiger partial charge is 0.339 e. The molecule has 0 N–H and O–H groups in total. The van der Waals surface area contributed by atoms with Crippen molar-refractivity contribution in [2.24, 2.45) is 0 Å². The van der Waals surface area contributed by atoms with Crippen LogP contribution in [0.3, 0.4) is 0 Å². The molecular weight excluding hydrogens is 376 g/mol. The number of hydrogen-bond acceptors (Lipinski definition) is 3. The molecule has 6 heteroatoms. The van der Waals surface area contributed by atoms with Crippen LogP contribution in [0.15, 0.2) is 59.4 Å². The van der Waals surface area contributed by atoms with Gasteiger partial charge in [-0.1, -0.05) is 48.0 Å². The summed E-state index contributed by atoms with van der Waals surface area (Å²) in [6.07, 6.45) is 1.64. The minimum atomic E-state index is -0.0605. The maximum atomic E-state index is 12.9. The number of likely N-dealkylation sites (tertiary alicyclic amines) is 1. The number of carbonyl (C=O) groups is 1. The lowest BCUT2D eigenvalue weighted by Crippen LogP contribution is -2.38. The van der Waals surface area contributed by atoms with E-state index in [2.05, 4.69) is 0 Å². The van der Waals surface area contributed by atoms with Gasteiger partial charge in [0.2, 0.25) is 0 Å². The Balaban J connectivity index is 1.48. The first-order chi connectivity index (χ1) is 14.6. The maximum absolute atomic E-state index is 12.9. The number of piperidine rings is 1. The highest BCUT2D eigenvalue weighted by Crippen LogP contribution is 2.27. The topological polar surface area (TPSA) is 60.1 Å². The van der Waals surface area contributed by atoms with Crippen LogP contribution >= 0.6 is 0 Å². The third-order valence-electron chi connectivity index (χ3n) is 5.86. The molecule has 0 unspecified atom stereocenters. The summed E-state index contributed by atoms with van der Waals surface area (Å²) in [5.74, 6) is 1.12. The van der Waals surface area contributed by atoms with Gasteiger partial charge in [0.25, 0.3) is 5.91 Å². The van der Waals surface area contributed by atoms with Gasteiger partial charge in [-0.15, -0.1) is 0 Å². The molecule has 0 bridgehead atoms. The summed E-state index contributed by atoms with van der Waals surface area (Å²) < 4.78 is 3.35. The average molecular weight is 405 g/mol. The lowest BCUT2D eigenvalue weighted by atomic mass is 9.95. The first-order valence-corrected chi connectivity index (χ1v) is 10.6. The normalized spacial score (nSPS) is 14.8. The van der Waals surface area contributed by atoms with Crippen LogP contribution in [0.5, 0.6) is 0 Å². The van der Waals surface area contributed by atoms with Crippen LogP contribution in [0.1, 0.15) is 53.0 Å². The lowest BCUT2D eigenvalue weighted by Gasteiger charge is -2.31. The maximum Gasteiger partial charge on any atom is 0.346 e. The standard InChI is InChI=1S/C24H28N4O2/c1-3-27-22(25-28(24(27)30)17-19-9-5-4-6-10-19)20-12-14-26(15-13-20)23(29)21-11-7-8-18(2)16-21/h4-11,16,20H,3,12-15,17H2,1-2H3. The number of carbonyl (C=O) groups excluding carboxylic acids is 1. The van der Waals surface area contributed by atoms with Crippen molar-refractivity contribution in [3.8, 4) is 0 Å². The molecular formula is C24H28N4O2. The molecule has 4 rings (SSSR count). The summed E-state index contributed by atoms with van der Waals surface area (Å²) in [5.41, 5.74) is 2.83. The number of hydrogen-bond donors (Lipinski definition) is 0. The van der Waals surface area contributed by atoms with E-state index >= 15 is 0 Å². The summed E-state index contributed by atoms with van der Waals surface area (Å²) in [6.45, 7) is 6.42. The van der Waals surface area contributed by atoms with Crippen molar-refractivity contribution >= 4 is 5.91 Å². The van der Waals surface area contributed by atoms with E-state index in [4.69, 9.17) is 5.10 Å². The second-order valence-electron chi connectivity index (χ2n) is 7.96. The number of aryl methyl sites for hydroxylation is 1. The molecule has 1 saturated heterocycles. The molecule has 1 aliphatic rings. The molecule has 0 radical (unpaired) electrons. The van der Waals surface area contributed by atoms with Gasteiger partial charge in [0.05, 0.1) is 6.54 Å². The Kier molecular flexibility index (Phi) is 5.84. The Morgan fingerprint density at radius 2 is 1.80 bits per heavy atom. The fraction of sp³-hybridized carbons (Fsp3) is 0.375. The van der Waals surface area contributed by atoms with Crippen LogP contribution in [-0.4, -0.2) is 38.2 Å². The number of aromatic nitrogens is 3. The van der Waals surface area contributed by atoms with Gasteiger partial charge >= 0.3 is 5.69 Å². The van der Waals surface area contributed by atoms with Gasteiger partial charge in [-0.05, 0) is 44.4 Å². The minimum absolute atomic E-state index is 0.0605. The van der Waals surface area contributed by atoms with E-state index in [-0.39, 0.29) is 17.5 Å². The Morgan fingerprint density at radius 3 is 2.47 bits per heavy atom. The molecule has 156 valence electrons. The van der Waals surface area contributed by atoms with E-state index in [0.29, 0.717) is 26.2 Å². The fourth-order valence-electron chi connectivity index (χ4n) is 4.22. The number of rotatable bonds is 5. The van der Waals surface area contributed by atoms with Crippen molar-refractivity contribution in [2.45, 2.75) is 45.7 Å². The van der Waals surface area contributed by atoms with Gasteiger partial charge in [-0.2, -0.15) is 5.10 Å². The van der Waals surface area contributed by atoms with Crippen molar-refractivity contribution in [1.29, 1.82) is 0 Å². The van der Waals surface area contributed by atoms with Crippen LogP contribution in [0.2, 0.25) is 0 Å². The van der Waals surface area contributed by atoms with E-state index in [0.717, 1.165) is 35.4 Å². The Bertz CT molecular complexity index is 1080. The average Bonchev–Trinajstić information content (AvgIpc) is 3.09. The quantitative estimate of drug-likeness (QED) is 0.654. The lowest BCUT2D eigenvalue weighted by molar-refractivity contribution is 0.0710. The summed E-state index contributed by atoms with van der Waals surface area (Å²) in [5, 5.41) is 4.70. The van der Waals surface area contributed by atoms with Crippen molar-refractivity contribution in [3.05, 3.63) is 87.6 Å². The monoisotopic (exact) mass is 404 g/mol. The molecule has 1 aliphatic heterocycles. The van der Waals surface area contributed by atoms with Crippen molar-refractivity contribution in [3.63, 3.8) is 0 Å². The van der Waals surface area contributed by atoms with Crippen molar-refractivity contribution in [2.75, 3.05) is 13.1 Å². The molecule has 6 nitrogen and oxygen atoms in total. The van der Waals surface area contributed by atoms with Crippen LogP contribution in [0.25, 0.3) is 0 Å². The molecule has 2 aromatic carbocycles. The molecule has 1 fully saturated rings. The van der Waals surface area contributed by atoms with Crippen molar-refractivity contribution < 1.29 is 4.79 Å². The fourth-order valence-corrected chi connectivity index (χ4v) is 4.22. The SMILES string of the molecule is CCn1c(C2CCN(C(=O)c3cccc(C)c3)CC2)nn(Cc2ccccc2)c1=O. The predicted octanol–water partition coefficient (Wildman–Crippen LogP) is 3.44. The van der Waals surface area contributed by atoms with Gasteiger partial charge in [0.1, 0.15) is 5.82 Å². The highest BCUT2D eigenvalue weighted by atomic mass is 16.2. The molecule has 3 aromatic rings. The third-order valence-corrected chi connectivity index (χ3v) is 5.86. The molecule has 30 heavy (non-hydrogen) atoms. The van der Waals surface area contributed by atoms with Gasteiger partial charge in [0.15, 0.2) is 0 Å². The van der Waals surface area contributed by atoms with Crippen molar-refractivity contribution in [1.82, 2.24) is 19.2 Å². The summed E-state index contributed by atoms with van der Waals surface area (Å²) in [7, 11) is 0.